The van der Waals surface area contributed by atoms with E-state index in [4.69, 9.17) is 9.47 Å². The second kappa shape index (κ2) is 9.94. The van der Waals surface area contributed by atoms with E-state index in [1.165, 1.54) is 7.11 Å². The fraction of sp³-hybridized carbons (Fsp3) is 0.350. The second-order valence-corrected chi connectivity index (χ2v) is 6.22. The molecule has 0 N–H and O–H groups in total. The molecule has 0 saturated heterocycles. The predicted octanol–water partition coefficient (Wildman–Crippen LogP) is 5.17. The highest BCUT2D eigenvalue weighted by molar-refractivity contribution is 5.70. The van der Waals surface area contributed by atoms with Crippen molar-refractivity contribution < 1.29 is 45.3 Å². The van der Waals surface area contributed by atoms with Crippen molar-refractivity contribution in [3.05, 3.63) is 70.8 Å². The first kappa shape index (κ1) is 23.7. The first-order chi connectivity index (χ1) is 14.0. The molecule has 10 heteroatoms. The first-order valence-electron chi connectivity index (χ1n) is 8.60. The van der Waals surface area contributed by atoms with Crippen LogP contribution in [0.4, 0.5) is 26.3 Å². The Labute approximate surface area is 168 Å². The SMILES string of the molecule is COC(=O)COC(COCc1cc(C(F)(F)F)cc(C(F)(F)F)c1)c1ccccc1. The number of methoxy groups -OCH3 is 1. The lowest BCUT2D eigenvalue weighted by molar-refractivity contribution is -0.149. The molecule has 0 aliphatic heterocycles. The summed E-state index contributed by atoms with van der Waals surface area (Å²) in [5.41, 5.74) is -2.52. The lowest BCUT2D eigenvalue weighted by Gasteiger charge is -2.19. The van der Waals surface area contributed by atoms with E-state index < -0.39 is 48.8 Å². The van der Waals surface area contributed by atoms with Crippen molar-refractivity contribution in [3.8, 4) is 0 Å². The molecule has 0 fully saturated rings. The highest BCUT2D eigenvalue weighted by atomic mass is 19.4. The van der Waals surface area contributed by atoms with Gasteiger partial charge in [-0.05, 0) is 29.3 Å². The number of rotatable bonds is 8. The third-order valence-electron chi connectivity index (χ3n) is 3.99. The molecule has 0 spiro atoms. The molecule has 0 bridgehead atoms. The van der Waals surface area contributed by atoms with Gasteiger partial charge in [-0.1, -0.05) is 30.3 Å². The summed E-state index contributed by atoms with van der Waals surface area (Å²) < 4.78 is 92.9. The quantitative estimate of drug-likeness (QED) is 0.423. The standard InChI is InChI=1S/C20H18F6O4/c1-28-18(27)12-30-17(14-5-3-2-4-6-14)11-29-10-13-7-15(19(21,22)23)9-16(8-13)20(24,25)26/h2-9,17H,10-12H2,1H3. The van der Waals surface area contributed by atoms with Gasteiger partial charge in [0.15, 0.2) is 0 Å². The number of benzene rings is 2. The van der Waals surface area contributed by atoms with Crippen LogP contribution in [0.1, 0.15) is 28.4 Å². The predicted molar refractivity (Wildman–Crippen MR) is 93.3 cm³/mol. The van der Waals surface area contributed by atoms with Crippen LogP contribution < -0.4 is 0 Å². The number of hydrogen-bond acceptors (Lipinski definition) is 4. The maximum absolute atomic E-state index is 12.9. The first-order valence-corrected chi connectivity index (χ1v) is 8.60. The van der Waals surface area contributed by atoms with Gasteiger partial charge < -0.3 is 14.2 Å². The Hall–Kier alpha value is -2.59. The van der Waals surface area contributed by atoms with Crippen molar-refractivity contribution in [2.24, 2.45) is 0 Å². The number of carbonyl (C=O) groups excluding carboxylic acids is 1. The Kier molecular flexibility index (Phi) is 7.85. The zero-order chi connectivity index (χ0) is 22.4. The fourth-order valence-electron chi connectivity index (χ4n) is 2.52. The summed E-state index contributed by atoms with van der Waals surface area (Å²) >= 11 is 0. The van der Waals surface area contributed by atoms with Crippen LogP contribution in [0.2, 0.25) is 0 Å². The molecule has 4 nitrogen and oxygen atoms in total. The summed E-state index contributed by atoms with van der Waals surface area (Å²) in [6.45, 7) is -1.13. The van der Waals surface area contributed by atoms with Crippen LogP contribution in [0.3, 0.4) is 0 Å². The zero-order valence-corrected chi connectivity index (χ0v) is 15.7. The molecule has 2 aromatic carbocycles. The molecule has 1 unspecified atom stereocenters. The average Bonchev–Trinajstić information content (AvgIpc) is 2.69. The minimum Gasteiger partial charge on any atom is -0.467 e. The van der Waals surface area contributed by atoms with Gasteiger partial charge in [0.25, 0.3) is 0 Å². The summed E-state index contributed by atoms with van der Waals surface area (Å²) in [5, 5.41) is 0. The van der Waals surface area contributed by atoms with E-state index in [-0.39, 0.29) is 18.2 Å². The van der Waals surface area contributed by atoms with Gasteiger partial charge in [0.1, 0.15) is 12.7 Å². The Morgan fingerprint density at radius 3 is 2.00 bits per heavy atom. The van der Waals surface area contributed by atoms with Gasteiger partial charge in [0.05, 0.1) is 31.5 Å². The van der Waals surface area contributed by atoms with E-state index in [0.717, 1.165) is 0 Å². The number of esters is 1. The minimum atomic E-state index is -4.94. The van der Waals surface area contributed by atoms with Crippen LogP contribution in [0.25, 0.3) is 0 Å². The van der Waals surface area contributed by atoms with E-state index >= 15 is 0 Å². The van der Waals surface area contributed by atoms with Crippen LogP contribution >= 0.6 is 0 Å². The van der Waals surface area contributed by atoms with Gasteiger partial charge in [-0.3, -0.25) is 0 Å². The highest BCUT2D eigenvalue weighted by Crippen LogP contribution is 2.36. The third kappa shape index (κ3) is 7.03. The number of ether oxygens (including phenoxy) is 3. The molecule has 0 saturated carbocycles. The monoisotopic (exact) mass is 436 g/mol. The van der Waals surface area contributed by atoms with Crippen LogP contribution in [-0.2, 0) is 38.0 Å². The van der Waals surface area contributed by atoms with Gasteiger partial charge >= 0.3 is 18.3 Å². The number of alkyl halides is 6. The largest absolute Gasteiger partial charge is 0.467 e. The molecule has 30 heavy (non-hydrogen) atoms. The zero-order valence-electron chi connectivity index (χ0n) is 15.7. The van der Waals surface area contributed by atoms with E-state index in [0.29, 0.717) is 17.7 Å². The summed E-state index contributed by atoms with van der Waals surface area (Å²) in [6.07, 6.45) is -10.7. The molecular weight excluding hydrogens is 418 g/mol. The van der Waals surface area contributed by atoms with Gasteiger partial charge in [-0.2, -0.15) is 26.3 Å². The second-order valence-electron chi connectivity index (χ2n) is 6.22. The molecule has 0 aromatic heterocycles. The summed E-state index contributed by atoms with van der Waals surface area (Å²) in [5.74, 6) is -0.649. The Balaban J connectivity index is 2.14. The molecular formula is C20H18F6O4. The maximum atomic E-state index is 12.9. The highest BCUT2D eigenvalue weighted by Gasteiger charge is 2.36. The van der Waals surface area contributed by atoms with E-state index in [1.54, 1.807) is 30.3 Å². The third-order valence-corrected chi connectivity index (χ3v) is 3.99. The van der Waals surface area contributed by atoms with Gasteiger partial charge in [0, 0.05) is 0 Å². The molecule has 0 radical (unpaired) electrons. The van der Waals surface area contributed by atoms with Crippen molar-refractivity contribution in [1.29, 1.82) is 0 Å². The summed E-state index contributed by atoms with van der Waals surface area (Å²) in [7, 11) is 1.17. The molecule has 2 aromatic rings. The van der Waals surface area contributed by atoms with Gasteiger partial charge in [0.2, 0.25) is 0 Å². The molecule has 1 atom stereocenters. The Morgan fingerprint density at radius 2 is 1.50 bits per heavy atom. The molecule has 0 heterocycles. The van der Waals surface area contributed by atoms with Crippen LogP contribution in [0.15, 0.2) is 48.5 Å². The maximum Gasteiger partial charge on any atom is 0.416 e. The lowest BCUT2D eigenvalue weighted by Crippen LogP contribution is -2.18. The molecule has 0 aliphatic carbocycles. The summed E-state index contributed by atoms with van der Waals surface area (Å²) in [4.78, 5) is 11.3. The van der Waals surface area contributed by atoms with Crippen molar-refractivity contribution in [2.75, 3.05) is 20.3 Å². The molecule has 0 amide bonds. The van der Waals surface area contributed by atoms with Crippen molar-refractivity contribution in [3.63, 3.8) is 0 Å². The van der Waals surface area contributed by atoms with E-state index in [1.807, 2.05) is 0 Å². The van der Waals surface area contributed by atoms with Crippen molar-refractivity contribution >= 4 is 5.97 Å². The lowest BCUT2D eigenvalue weighted by atomic mass is 10.1. The van der Waals surface area contributed by atoms with Gasteiger partial charge in [-0.25, -0.2) is 4.79 Å². The van der Waals surface area contributed by atoms with Gasteiger partial charge in [-0.15, -0.1) is 0 Å². The van der Waals surface area contributed by atoms with Crippen LogP contribution in [0.5, 0.6) is 0 Å². The Bertz CT molecular complexity index is 801. The van der Waals surface area contributed by atoms with E-state index in [2.05, 4.69) is 4.74 Å². The van der Waals surface area contributed by atoms with Crippen molar-refractivity contribution in [1.82, 2.24) is 0 Å². The Morgan fingerprint density at radius 1 is 0.933 bits per heavy atom. The smallest absolute Gasteiger partial charge is 0.416 e. The molecule has 2 rings (SSSR count). The number of hydrogen-bond donors (Lipinski definition) is 0. The topological polar surface area (TPSA) is 44.8 Å². The normalized spacial score (nSPS) is 13.2. The number of carbonyl (C=O) groups is 1. The van der Waals surface area contributed by atoms with E-state index in [9.17, 15) is 31.1 Å². The average molecular weight is 436 g/mol. The fourth-order valence-corrected chi connectivity index (χ4v) is 2.52. The van der Waals surface area contributed by atoms with Crippen LogP contribution in [0, 0.1) is 0 Å². The minimum absolute atomic E-state index is 0.0513. The molecule has 164 valence electrons. The van der Waals surface area contributed by atoms with Crippen molar-refractivity contribution in [2.45, 2.75) is 25.1 Å². The number of halogens is 6. The van der Waals surface area contributed by atoms with Crippen LogP contribution in [-0.4, -0.2) is 26.3 Å². The molecule has 0 aliphatic rings. The summed E-state index contributed by atoms with van der Waals surface area (Å²) in [6, 6.07) is 9.75.